The van der Waals surface area contributed by atoms with Gasteiger partial charge in [-0.15, -0.1) is 0 Å². The Labute approximate surface area is 134 Å². The van der Waals surface area contributed by atoms with E-state index >= 15 is 0 Å². The van der Waals surface area contributed by atoms with E-state index < -0.39 is 0 Å². The topological polar surface area (TPSA) is 24.5 Å². The van der Waals surface area contributed by atoms with Gasteiger partial charge in [-0.2, -0.15) is 0 Å². The van der Waals surface area contributed by atoms with Crippen LogP contribution in [0.1, 0.15) is 32.8 Å². The van der Waals surface area contributed by atoms with Crippen molar-refractivity contribution in [3.8, 4) is 0 Å². The molecule has 120 valence electrons. The highest BCUT2D eigenvalue weighted by molar-refractivity contribution is 6.30. The SMILES string of the molecule is COCCNCc1cc(Cl)ccc1N(C)C(C)CC(C)C. The Morgan fingerprint density at radius 1 is 1.29 bits per heavy atom. The fraction of sp³-hybridized carbons (Fsp3) is 0.647. The first-order valence-electron chi connectivity index (χ1n) is 7.66. The third-order valence-corrected chi connectivity index (χ3v) is 3.93. The minimum atomic E-state index is 0.504. The van der Waals surface area contributed by atoms with Crippen LogP contribution in [0.15, 0.2) is 18.2 Å². The quantitative estimate of drug-likeness (QED) is 0.699. The maximum atomic E-state index is 6.15. The summed E-state index contributed by atoms with van der Waals surface area (Å²) in [4.78, 5) is 2.35. The summed E-state index contributed by atoms with van der Waals surface area (Å²) >= 11 is 6.15. The average Bonchev–Trinajstić information content (AvgIpc) is 2.42. The van der Waals surface area contributed by atoms with Gasteiger partial charge in [0.1, 0.15) is 0 Å². The first-order valence-corrected chi connectivity index (χ1v) is 8.04. The van der Waals surface area contributed by atoms with Crippen LogP contribution in [-0.2, 0) is 11.3 Å². The van der Waals surface area contributed by atoms with E-state index in [2.05, 4.69) is 50.2 Å². The molecule has 1 aromatic rings. The van der Waals surface area contributed by atoms with Crippen molar-refractivity contribution in [3.05, 3.63) is 28.8 Å². The fourth-order valence-electron chi connectivity index (χ4n) is 2.51. The van der Waals surface area contributed by atoms with Gasteiger partial charge in [0, 0.05) is 44.0 Å². The largest absolute Gasteiger partial charge is 0.383 e. The molecule has 0 saturated carbocycles. The van der Waals surface area contributed by atoms with Gasteiger partial charge in [0.05, 0.1) is 6.61 Å². The van der Waals surface area contributed by atoms with Crippen LogP contribution in [0.4, 0.5) is 5.69 Å². The fourth-order valence-corrected chi connectivity index (χ4v) is 2.71. The normalized spacial score (nSPS) is 12.7. The molecule has 4 heteroatoms. The van der Waals surface area contributed by atoms with E-state index in [1.807, 2.05) is 6.07 Å². The lowest BCUT2D eigenvalue weighted by Gasteiger charge is -2.30. The van der Waals surface area contributed by atoms with Gasteiger partial charge in [0.15, 0.2) is 0 Å². The molecule has 0 amide bonds. The second kappa shape index (κ2) is 9.29. The molecule has 0 aromatic heterocycles. The predicted molar refractivity (Wildman–Crippen MR) is 92.4 cm³/mol. The zero-order valence-electron chi connectivity index (χ0n) is 13.9. The van der Waals surface area contributed by atoms with E-state index in [0.29, 0.717) is 12.0 Å². The summed E-state index contributed by atoms with van der Waals surface area (Å²) in [6.07, 6.45) is 1.18. The second-order valence-electron chi connectivity index (χ2n) is 6.03. The molecule has 0 aliphatic rings. The Balaban J connectivity index is 2.79. The number of ether oxygens (including phenoxy) is 1. The Hall–Kier alpha value is -0.770. The molecule has 0 saturated heterocycles. The number of hydrogen-bond acceptors (Lipinski definition) is 3. The van der Waals surface area contributed by atoms with Crippen LogP contribution < -0.4 is 10.2 Å². The average molecular weight is 313 g/mol. The van der Waals surface area contributed by atoms with Crippen molar-refractivity contribution < 1.29 is 4.74 Å². The summed E-state index contributed by atoms with van der Waals surface area (Å²) in [5.41, 5.74) is 2.48. The standard InChI is InChI=1S/C17H29ClN2O/c1-13(2)10-14(3)20(4)17-7-6-16(18)11-15(17)12-19-8-9-21-5/h6-7,11,13-14,19H,8-10,12H2,1-5H3. The van der Waals surface area contributed by atoms with Crippen LogP contribution in [0.3, 0.4) is 0 Å². The van der Waals surface area contributed by atoms with E-state index in [-0.39, 0.29) is 0 Å². The van der Waals surface area contributed by atoms with Crippen molar-refractivity contribution in [1.82, 2.24) is 5.32 Å². The van der Waals surface area contributed by atoms with Gasteiger partial charge in [-0.05, 0) is 43.0 Å². The number of rotatable bonds is 9. The number of benzene rings is 1. The molecular formula is C17H29ClN2O. The maximum absolute atomic E-state index is 6.15. The molecule has 1 aromatic carbocycles. The Bertz CT molecular complexity index is 423. The molecule has 1 rings (SSSR count). The van der Waals surface area contributed by atoms with Gasteiger partial charge in [0.25, 0.3) is 0 Å². The molecule has 0 spiro atoms. The van der Waals surface area contributed by atoms with Crippen LogP contribution in [0.5, 0.6) is 0 Å². The van der Waals surface area contributed by atoms with Crippen molar-refractivity contribution in [3.63, 3.8) is 0 Å². The third-order valence-electron chi connectivity index (χ3n) is 3.69. The lowest BCUT2D eigenvalue weighted by molar-refractivity contribution is 0.199. The van der Waals surface area contributed by atoms with E-state index in [4.69, 9.17) is 16.3 Å². The first-order chi connectivity index (χ1) is 9.95. The highest BCUT2D eigenvalue weighted by Gasteiger charge is 2.15. The highest BCUT2D eigenvalue weighted by atomic mass is 35.5. The van der Waals surface area contributed by atoms with Crippen LogP contribution in [0.25, 0.3) is 0 Å². The molecule has 0 aliphatic carbocycles. The number of hydrogen-bond donors (Lipinski definition) is 1. The Kier molecular flexibility index (Phi) is 8.09. The monoisotopic (exact) mass is 312 g/mol. The Morgan fingerprint density at radius 2 is 2.00 bits per heavy atom. The van der Waals surface area contributed by atoms with E-state index in [1.54, 1.807) is 7.11 Å². The number of nitrogens with one attached hydrogen (secondary N) is 1. The van der Waals surface area contributed by atoms with Crippen LogP contribution in [0.2, 0.25) is 5.02 Å². The predicted octanol–water partition coefficient (Wildman–Crippen LogP) is 3.95. The molecule has 1 atom stereocenters. The van der Waals surface area contributed by atoms with Crippen molar-refractivity contribution in [2.45, 2.75) is 39.8 Å². The molecule has 0 heterocycles. The van der Waals surface area contributed by atoms with Gasteiger partial charge >= 0.3 is 0 Å². The van der Waals surface area contributed by atoms with Gasteiger partial charge < -0.3 is 15.0 Å². The third kappa shape index (κ3) is 6.25. The lowest BCUT2D eigenvalue weighted by atomic mass is 10.0. The molecule has 0 bridgehead atoms. The van der Waals surface area contributed by atoms with Gasteiger partial charge in [-0.1, -0.05) is 25.4 Å². The van der Waals surface area contributed by atoms with Crippen molar-refractivity contribution >= 4 is 17.3 Å². The zero-order valence-corrected chi connectivity index (χ0v) is 14.7. The number of methoxy groups -OCH3 is 1. The minimum absolute atomic E-state index is 0.504. The summed E-state index contributed by atoms with van der Waals surface area (Å²) in [7, 11) is 3.88. The molecule has 1 N–H and O–H groups in total. The highest BCUT2D eigenvalue weighted by Crippen LogP contribution is 2.26. The summed E-state index contributed by atoms with van der Waals surface area (Å²) in [5, 5.41) is 4.18. The number of nitrogens with zero attached hydrogens (tertiary/aromatic N) is 1. The van der Waals surface area contributed by atoms with Crippen LogP contribution in [-0.4, -0.2) is 33.4 Å². The van der Waals surface area contributed by atoms with E-state index in [1.165, 1.54) is 17.7 Å². The van der Waals surface area contributed by atoms with E-state index in [9.17, 15) is 0 Å². The first kappa shape index (κ1) is 18.3. The van der Waals surface area contributed by atoms with Gasteiger partial charge in [-0.3, -0.25) is 0 Å². The molecule has 0 fully saturated rings. The Morgan fingerprint density at radius 3 is 2.62 bits per heavy atom. The molecule has 0 aliphatic heterocycles. The summed E-state index contributed by atoms with van der Waals surface area (Å²) in [6, 6.07) is 6.64. The maximum Gasteiger partial charge on any atom is 0.0587 e. The van der Waals surface area contributed by atoms with Gasteiger partial charge in [0.2, 0.25) is 0 Å². The molecular weight excluding hydrogens is 284 g/mol. The molecule has 3 nitrogen and oxygen atoms in total. The zero-order chi connectivity index (χ0) is 15.8. The summed E-state index contributed by atoms with van der Waals surface area (Å²) in [5.74, 6) is 0.693. The van der Waals surface area contributed by atoms with Gasteiger partial charge in [-0.25, -0.2) is 0 Å². The molecule has 0 radical (unpaired) electrons. The molecule has 1 unspecified atom stereocenters. The van der Waals surface area contributed by atoms with Crippen LogP contribution >= 0.6 is 11.6 Å². The lowest BCUT2D eigenvalue weighted by Crippen LogP contribution is -2.31. The summed E-state index contributed by atoms with van der Waals surface area (Å²) < 4.78 is 5.06. The minimum Gasteiger partial charge on any atom is -0.383 e. The number of anilines is 1. The second-order valence-corrected chi connectivity index (χ2v) is 6.47. The van der Waals surface area contributed by atoms with Crippen molar-refractivity contribution in [2.24, 2.45) is 5.92 Å². The van der Waals surface area contributed by atoms with Crippen molar-refractivity contribution in [1.29, 1.82) is 0 Å². The van der Waals surface area contributed by atoms with E-state index in [0.717, 1.165) is 24.7 Å². The smallest absolute Gasteiger partial charge is 0.0587 e. The summed E-state index contributed by atoms with van der Waals surface area (Å²) in [6.45, 7) is 9.16. The molecule has 21 heavy (non-hydrogen) atoms. The van der Waals surface area contributed by atoms with Crippen molar-refractivity contribution in [2.75, 3.05) is 32.2 Å². The number of halogens is 1. The van der Waals surface area contributed by atoms with Crippen LogP contribution in [0, 0.1) is 5.92 Å².